The number of hydrogen-bond acceptors (Lipinski definition) is 2. The van der Waals surface area contributed by atoms with Crippen LogP contribution in [0.2, 0.25) is 0 Å². The molecule has 1 aromatic rings. The summed E-state index contributed by atoms with van der Waals surface area (Å²) >= 11 is 0. The Morgan fingerprint density at radius 2 is 1.45 bits per heavy atom. The third-order valence-electron chi connectivity index (χ3n) is 5.40. The maximum Gasteiger partial charge on any atom is 0.407 e. The number of carbonyl (C=O) groups excluding carboxylic acids is 1. The summed E-state index contributed by atoms with van der Waals surface area (Å²) in [4.78, 5) is 11.5. The van der Waals surface area contributed by atoms with Crippen molar-refractivity contribution in [2.45, 2.75) is 117 Å². The molecule has 0 radical (unpaired) electrons. The van der Waals surface area contributed by atoms with E-state index in [1.807, 2.05) is 0 Å². The number of alkyl carbamates (subject to hydrolysis) is 1. The highest BCUT2D eigenvalue weighted by Crippen LogP contribution is 2.11. The standard InChI is InChI=1S/C24H45N3O2/c1-3-5-7-8-9-10-11-12-13-14-15-16-18-26-19-20-27(23-26)21-22-29-24(28)25-17-6-4-2/h19-20,23H,3-18,21-22H2,1-2H3/p+1. The van der Waals surface area contributed by atoms with Crippen molar-refractivity contribution in [1.29, 1.82) is 0 Å². The van der Waals surface area contributed by atoms with E-state index >= 15 is 0 Å². The number of unbranched alkanes of at least 4 members (excludes halogenated alkanes) is 12. The summed E-state index contributed by atoms with van der Waals surface area (Å²) in [6.07, 6.45) is 24.6. The monoisotopic (exact) mass is 408 g/mol. The van der Waals surface area contributed by atoms with Crippen LogP contribution in [0.1, 0.15) is 104 Å². The molecule has 29 heavy (non-hydrogen) atoms. The van der Waals surface area contributed by atoms with Crippen molar-refractivity contribution >= 4 is 6.09 Å². The number of rotatable bonds is 19. The van der Waals surface area contributed by atoms with Crippen molar-refractivity contribution < 1.29 is 14.1 Å². The van der Waals surface area contributed by atoms with Crippen LogP contribution in [0.4, 0.5) is 4.79 Å². The molecule has 5 heteroatoms. The Morgan fingerprint density at radius 3 is 2.07 bits per heavy atom. The van der Waals surface area contributed by atoms with Gasteiger partial charge < -0.3 is 10.1 Å². The van der Waals surface area contributed by atoms with Gasteiger partial charge in [-0.3, -0.25) is 0 Å². The van der Waals surface area contributed by atoms with Crippen LogP contribution in [-0.4, -0.2) is 23.8 Å². The second kappa shape index (κ2) is 18.5. The molecular weight excluding hydrogens is 362 g/mol. The summed E-state index contributed by atoms with van der Waals surface area (Å²) in [7, 11) is 0. The van der Waals surface area contributed by atoms with E-state index in [2.05, 4.69) is 47.0 Å². The van der Waals surface area contributed by atoms with Gasteiger partial charge in [-0.1, -0.05) is 84.5 Å². The van der Waals surface area contributed by atoms with Crippen LogP contribution < -0.4 is 9.88 Å². The predicted molar refractivity (Wildman–Crippen MR) is 120 cm³/mol. The predicted octanol–water partition coefficient (Wildman–Crippen LogP) is 6.00. The van der Waals surface area contributed by atoms with Crippen LogP contribution in [0, 0.1) is 0 Å². The highest BCUT2D eigenvalue weighted by Gasteiger charge is 2.06. The van der Waals surface area contributed by atoms with Gasteiger partial charge in [0.2, 0.25) is 6.33 Å². The van der Waals surface area contributed by atoms with Crippen LogP contribution in [0.15, 0.2) is 18.7 Å². The molecule has 0 saturated heterocycles. The second-order valence-electron chi connectivity index (χ2n) is 8.19. The number of aromatic nitrogens is 2. The third kappa shape index (κ3) is 15.0. The molecule has 0 aliphatic carbocycles. The highest BCUT2D eigenvalue weighted by atomic mass is 16.5. The minimum atomic E-state index is -0.310. The van der Waals surface area contributed by atoms with E-state index in [1.165, 1.54) is 77.0 Å². The van der Waals surface area contributed by atoms with E-state index in [0.29, 0.717) is 19.7 Å². The van der Waals surface area contributed by atoms with Gasteiger partial charge in [0.15, 0.2) is 0 Å². The maximum absolute atomic E-state index is 11.5. The Morgan fingerprint density at radius 1 is 0.862 bits per heavy atom. The van der Waals surface area contributed by atoms with Crippen LogP contribution >= 0.6 is 0 Å². The summed E-state index contributed by atoms with van der Waals surface area (Å²) in [6, 6.07) is 0. The molecule has 1 amide bonds. The summed E-state index contributed by atoms with van der Waals surface area (Å²) in [5.74, 6) is 0. The van der Waals surface area contributed by atoms with Gasteiger partial charge >= 0.3 is 6.09 Å². The molecule has 0 atom stereocenters. The average molecular weight is 409 g/mol. The smallest absolute Gasteiger partial charge is 0.407 e. The molecule has 1 N–H and O–H groups in total. The average Bonchev–Trinajstić information content (AvgIpc) is 3.16. The lowest BCUT2D eigenvalue weighted by molar-refractivity contribution is -0.696. The fourth-order valence-electron chi connectivity index (χ4n) is 3.50. The lowest BCUT2D eigenvalue weighted by Gasteiger charge is -2.04. The lowest BCUT2D eigenvalue weighted by Crippen LogP contribution is -2.31. The van der Waals surface area contributed by atoms with Crippen LogP contribution in [0.5, 0.6) is 0 Å². The molecule has 0 fully saturated rings. The van der Waals surface area contributed by atoms with Crippen LogP contribution in [-0.2, 0) is 17.8 Å². The molecule has 1 rings (SSSR count). The summed E-state index contributed by atoms with van der Waals surface area (Å²) in [5, 5.41) is 2.77. The highest BCUT2D eigenvalue weighted by molar-refractivity contribution is 5.66. The molecule has 168 valence electrons. The molecule has 0 aliphatic rings. The first-order chi connectivity index (χ1) is 14.3. The first-order valence-electron chi connectivity index (χ1n) is 12.2. The minimum Gasteiger partial charge on any atom is -0.445 e. The van der Waals surface area contributed by atoms with Gasteiger partial charge in [0, 0.05) is 6.54 Å². The van der Waals surface area contributed by atoms with Gasteiger partial charge in [0.05, 0.1) is 6.54 Å². The summed E-state index contributed by atoms with van der Waals surface area (Å²) < 4.78 is 9.52. The van der Waals surface area contributed by atoms with Gasteiger partial charge in [-0.25, -0.2) is 13.9 Å². The zero-order chi connectivity index (χ0) is 21.0. The Labute approximate surface area is 179 Å². The summed E-state index contributed by atoms with van der Waals surface area (Å²) in [6.45, 7) is 7.26. The normalized spacial score (nSPS) is 11.0. The largest absolute Gasteiger partial charge is 0.445 e. The first-order valence-corrected chi connectivity index (χ1v) is 12.2. The number of hydrogen-bond donors (Lipinski definition) is 1. The van der Waals surface area contributed by atoms with Crippen molar-refractivity contribution in [3.8, 4) is 0 Å². The molecule has 0 unspecified atom stereocenters. The van der Waals surface area contributed by atoms with Gasteiger partial charge in [0.25, 0.3) is 0 Å². The number of carbonyl (C=O) groups is 1. The Kier molecular flexibility index (Phi) is 16.3. The Bertz CT molecular complexity index is 502. The molecule has 1 aromatic heterocycles. The molecule has 0 saturated carbocycles. The molecule has 5 nitrogen and oxygen atoms in total. The van der Waals surface area contributed by atoms with E-state index in [0.717, 1.165) is 19.4 Å². The van der Waals surface area contributed by atoms with Crippen LogP contribution in [0.25, 0.3) is 0 Å². The zero-order valence-electron chi connectivity index (χ0n) is 19.2. The molecule has 0 aliphatic heterocycles. The van der Waals surface area contributed by atoms with Gasteiger partial charge in [-0.15, -0.1) is 0 Å². The number of ether oxygens (including phenoxy) is 1. The molecular formula is C24H46N3O2+. The van der Waals surface area contributed by atoms with Gasteiger partial charge in [-0.05, 0) is 19.3 Å². The fourth-order valence-corrected chi connectivity index (χ4v) is 3.50. The third-order valence-corrected chi connectivity index (χ3v) is 5.40. The maximum atomic E-state index is 11.5. The van der Waals surface area contributed by atoms with E-state index in [-0.39, 0.29) is 6.09 Å². The van der Waals surface area contributed by atoms with Crippen molar-refractivity contribution in [2.24, 2.45) is 0 Å². The molecule has 0 bridgehead atoms. The number of nitrogens with zero attached hydrogens (tertiary/aromatic N) is 2. The number of imidazole rings is 1. The van der Waals surface area contributed by atoms with E-state index in [1.54, 1.807) is 0 Å². The minimum absolute atomic E-state index is 0.310. The number of amides is 1. The van der Waals surface area contributed by atoms with Gasteiger partial charge in [-0.2, -0.15) is 0 Å². The van der Waals surface area contributed by atoms with E-state index < -0.39 is 0 Å². The second-order valence-corrected chi connectivity index (χ2v) is 8.19. The summed E-state index contributed by atoms with van der Waals surface area (Å²) in [5.41, 5.74) is 0. The van der Waals surface area contributed by atoms with Crippen molar-refractivity contribution in [3.05, 3.63) is 18.7 Å². The molecule has 1 heterocycles. The topological polar surface area (TPSA) is 47.1 Å². The van der Waals surface area contributed by atoms with E-state index in [9.17, 15) is 4.79 Å². The van der Waals surface area contributed by atoms with Crippen molar-refractivity contribution in [3.63, 3.8) is 0 Å². The molecule has 0 spiro atoms. The fraction of sp³-hybridized carbons (Fsp3) is 0.833. The lowest BCUT2D eigenvalue weighted by atomic mass is 10.1. The SMILES string of the molecule is CCCCCCCCCCCCCC[n+]1ccn(CCOC(=O)NCCCC)c1. The van der Waals surface area contributed by atoms with Crippen molar-refractivity contribution in [1.82, 2.24) is 9.88 Å². The quantitative estimate of drug-likeness (QED) is 0.225. The van der Waals surface area contributed by atoms with Crippen molar-refractivity contribution in [2.75, 3.05) is 13.2 Å². The van der Waals surface area contributed by atoms with E-state index in [4.69, 9.17) is 4.74 Å². The Hall–Kier alpha value is -1.52. The number of aryl methyl sites for hydroxylation is 1. The number of nitrogens with one attached hydrogen (secondary N) is 1. The zero-order valence-corrected chi connectivity index (χ0v) is 19.2. The Balaban J connectivity index is 1.93. The molecule has 0 aromatic carbocycles. The van der Waals surface area contributed by atoms with Gasteiger partial charge in [0.1, 0.15) is 25.5 Å². The first kappa shape index (κ1) is 25.5. The van der Waals surface area contributed by atoms with Crippen LogP contribution in [0.3, 0.4) is 0 Å².